The number of alkyl carbamates (subject to hydrolysis) is 1. The van der Waals surface area contributed by atoms with E-state index in [1.165, 1.54) is 0 Å². The maximum atomic E-state index is 11.9. The minimum Gasteiger partial charge on any atom is -0.465 e. The summed E-state index contributed by atoms with van der Waals surface area (Å²) >= 11 is 0. The molecule has 1 radical (unpaired) electrons. The molecule has 0 spiro atoms. The fourth-order valence-corrected chi connectivity index (χ4v) is 3.94. The van der Waals surface area contributed by atoms with Crippen molar-refractivity contribution in [2.24, 2.45) is 16.7 Å². The molecule has 5 nitrogen and oxygen atoms in total. The molecule has 0 aromatic rings. The van der Waals surface area contributed by atoms with E-state index in [1.54, 1.807) is 6.42 Å². The monoisotopic (exact) mass is 340 g/mol. The number of ether oxygens (including phenoxy) is 2. The van der Waals surface area contributed by atoms with Crippen LogP contribution in [0.2, 0.25) is 0 Å². The van der Waals surface area contributed by atoms with Crippen LogP contribution in [0, 0.1) is 23.2 Å². The quantitative estimate of drug-likeness (QED) is 0.675. The average Bonchev–Trinajstić information content (AvgIpc) is 2.47. The van der Waals surface area contributed by atoms with Crippen LogP contribution in [0.4, 0.5) is 4.79 Å². The van der Waals surface area contributed by atoms with Crippen molar-refractivity contribution in [3.8, 4) is 0 Å². The number of hydrogen-bond donors (Lipinski definition) is 1. The Morgan fingerprint density at radius 2 is 1.71 bits per heavy atom. The van der Waals surface area contributed by atoms with Gasteiger partial charge in [-0.15, -0.1) is 0 Å². The van der Waals surface area contributed by atoms with Crippen LogP contribution >= 0.6 is 0 Å². The summed E-state index contributed by atoms with van der Waals surface area (Å²) in [5.41, 5.74) is 0.0629. The summed E-state index contributed by atoms with van der Waals surface area (Å²) in [6.07, 6.45) is 5.85. The van der Waals surface area contributed by atoms with Gasteiger partial charge in [-0.05, 0) is 48.9 Å². The molecule has 0 aliphatic heterocycles. The van der Waals surface area contributed by atoms with E-state index in [0.29, 0.717) is 19.8 Å². The summed E-state index contributed by atoms with van der Waals surface area (Å²) in [4.78, 5) is 23.6. The van der Waals surface area contributed by atoms with Gasteiger partial charge in [-0.1, -0.05) is 34.6 Å². The van der Waals surface area contributed by atoms with E-state index in [1.807, 2.05) is 13.8 Å². The summed E-state index contributed by atoms with van der Waals surface area (Å²) in [6.45, 7) is 12.0. The van der Waals surface area contributed by atoms with E-state index >= 15 is 0 Å². The first-order valence-corrected chi connectivity index (χ1v) is 9.12. The van der Waals surface area contributed by atoms with Gasteiger partial charge in [0.15, 0.2) is 0 Å². The van der Waals surface area contributed by atoms with Crippen LogP contribution in [0.15, 0.2) is 0 Å². The summed E-state index contributed by atoms with van der Waals surface area (Å²) in [5.74, 6) is -0.0474. The Hall–Kier alpha value is -1.26. The highest BCUT2D eigenvalue weighted by Gasteiger charge is 2.42. The molecular weight excluding hydrogens is 306 g/mol. The molecule has 1 fully saturated rings. The van der Waals surface area contributed by atoms with E-state index in [4.69, 9.17) is 9.47 Å². The van der Waals surface area contributed by atoms with Crippen LogP contribution in [0.25, 0.3) is 0 Å². The summed E-state index contributed by atoms with van der Waals surface area (Å²) < 4.78 is 10.3. The van der Waals surface area contributed by atoms with Crippen molar-refractivity contribution in [1.29, 1.82) is 0 Å². The number of esters is 1. The van der Waals surface area contributed by atoms with Gasteiger partial charge >= 0.3 is 12.1 Å². The van der Waals surface area contributed by atoms with Crippen molar-refractivity contribution in [2.45, 2.75) is 66.7 Å². The molecule has 1 aliphatic rings. The molecule has 1 N–H and O–H groups in total. The molecule has 0 heterocycles. The lowest BCUT2D eigenvalue weighted by Gasteiger charge is -2.46. The average molecular weight is 340 g/mol. The molecule has 0 aromatic heterocycles. The lowest BCUT2D eigenvalue weighted by Crippen LogP contribution is -2.44. The third-order valence-electron chi connectivity index (χ3n) is 4.39. The van der Waals surface area contributed by atoms with Gasteiger partial charge in [0.05, 0.1) is 19.6 Å². The molecule has 0 bridgehead atoms. The van der Waals surface area contributed by atoms with Crippen LogP contribution < -0.4 is 5.32 Å². The molecule has 1 saturated carbocycles. The van der Waals surface area contributed by atoms with Gasteiger partial charge in [-0.2, -0.15) is 0 Å². The maximum absolute atomic E-state index is 11.9. The largest absolute Gasteiger partial charge is 0.465 e. The molecule has 0 saturated heterocycles. The molecule has 1 aliphatic carbocycles. The van der Waals surface area contributed by atoms with E-state index in [2.05, 4.69) is 26.1 Å². The third kappa shape index (κ3) is 7.54. The van der Waals surface area contributed by atoms with Crippen LogP contribution in [0.5, 0.6) is 0 Å². The molecular formula is C19H34NO4. The second-order valence-corrected chi connectivity index (χ2v) is 8.14. The van der Waals surface area contributed by atoms with Crippen molar-refractivity contribution in [1.82, 2.24) is 5.32 Å². The highest BCUT2D eigenvalue weighted by atomic mass is 16.5. The Morgan fingerprint density at radius 1 is 1.08 bits per heavy atom. The highest BCUT2D eigenvalue weighted by Crippen LogP contribution is 2.49. The van der Waals surface area contributed by atoms with E-state index in [9.17, 15) is 9.59 Å². The molecule has 24 heavy (non-hydrogen) atoms. The Balaban J connectivity index is 2.59. The number of amides is 1. The minimum atomic E-state index is -0.357. The van der Waals surface area contributed by atoms with Crippen LogP contribution in [-0.4, -0.2) is 31.8 Å². The van der Waals surface area contributed by atoms with E-state index < -0.39 is 0 Å². The Morgan fingerprint density at radius 3 is 2.33 bits per heavy atom. The zero-order chi connectivity index (χ0) is 18.2. The first-order valence-electron chi connectivity index (χ1n) is 9.12. The smallest absolute Gasteiger partial charge is 0.407 e. The maximum Gasteiger partial charge on any atom is 0.407 e. The van der Waals surface area contributed by atoms with Gasteiger partial charge in [-0.25, -0.2) is 4.79 Å². The highest BCUT2D eigenvalue weighted by molar-refractivity contribution is 5.79. The van der Waals surface area contributed by atoms with Crippen molar-refractivity contribution in [3.63, 3.8) is 0 Å². The molecule has 2 atom stereocenters. The fourth-order valence-electron chi connectivity index (χ4n) is 3.94. The number of rotatable bonds is 8. The number of carbonyl (C=O) groups is 2. The molecule has 5 heteroatoms. The Labute approximate surface area is 146 Å². The summed E-state index contributed by atoms with van der Waals surface area (Å²) in [6, 6.07) is 0. The molecule has 0 aromatic carbocycles. The van der Waals surface area contributed by atoms with Gasteiger partial charge in [0.1, 0.15) is 0 Å². The van der Waals surface area contributed by atoms with Crippen molar-refractivity contribution in [3.05, 3.63) is 6.42 Å². The fraction of sp³-hybridized carbons (Fsp3) is 0.842. The first kappa shape index (κ1) is 20.8. The standard InChI is InChI=1S/C19H34NO4/c1-6-8-23-16(21)10-15-11-18(3,4)13-19(5,12-15)14-20-17(22)24-9-7-2/h10,15H,6-9,11-14H2,1-5H3,(H,20,22). The lowest BCUT2D eigenvalue weighted by atomic mass is 9.60. The van der Waals surface area contributed by atoms with E-state index in [-0.39, 0.29) is 28.8 Å². The van der Waals surface area contributed by atoms with Crippen molar-refractivity contribution < 1.29 is 19.1 Å². The van der Waals surface area contributed by atoms with Crippen molar-refractivity contribution >= 4 is 12.1 Å². The minimum absolute atomic E-state index is 0.0564. The van der Waals surface area contributed by atoms with E-state index in [0.717, 1.165) is 32.1 Å². The predicted octanol–water partition coefficient (Wildman–Crippen LogP) is 4.11. The van der Waals surface area contributed by atoms with Crippen LogP contribution in [0.1, 0.15) is 66.7 Å². The van der Waals surface area contributed by atoms with Gasteiger partial charge in [-0.3, -0.25) is 4.79 Å². The Bertz CT molecular complexity index is 422. The van der Waals surface area contributed by atoms with Crippen LogP contribution in [-0.2, 0) is 14.3 Å². The zero-order valence-electron chi connectivity index (χ0n) is 15.9. The number of nitrogens with one attached hydrogen (secondary N) is 1. The number of hydrogen-bond acceptors (Lipinski definition) is 4. The molecule has 1 amide bonds. The predicted molar refractivity (Wildman–Crippen MR) is 94.4 cm³/mol. The van der Waals surface area contributed by atoms with Gasteiger partial charge < -0.3 is 14.8 Å². The third-order valence-corrected chi connectivity index (χ3v) is 4.39. The second kappa shape index (κ2) is 9.28. The van der Waals surface area contributed by atoms with Crippen molar-refractivity contribution in [2.75, 3.05) is 19.8 Å². The molecule has 139 valence electrons. The summed E-state index contributed by atoms with van der Waals surface area (Å²) in [7, 11) is 0. The first-order chi connectivity index (χ1) is 11.2. The van der Waals surface area contributed by atoms with Gasteiger partial charge in [0.25, 0.3) is 0 Å². The molecule has 1 rings (SSSR count). The zero-order valence-corrected chi connectivity index (χ0v) is 15.9. The SMILES string of the molecule is CCCOC(=O)[CH]C1CC(C)(C)CC(C)(CNC(=O)OCCC)C1. The van der Waals surface area contributed by atoms with Gasteiger partial charge in [0, 0.05) is 6.54 Å². The Kier molecular flexibility index (Phi) is 8.04. The second-order valence-electron chi connectivity index (χ2n) is 8.14. The lowest BCUT2D eigenvalue weighted by molar-refractivity contribution is -0.140. The van der Waals surface area contributed by atoms with Crippen LogP contribution in [0.3, 0.4) is 0 Å². The number of carbonyl (C=O) groups excluding carboxylic acids is 2. The topological polar surface area (TPSA) is 64.6 Å². The normalized spacial score (nSPS) is 25.8. The molecule has 2 unspecified atom stereocenters. The van der Waals surface area contributed by atoms with Gasteiger partial charge in [0.2, 0.25) is 0 Å². The summed E-state index contributed by atoms with van der Waals surface area (Å²) in [5, 5.41) is 2.88.